The zero-order valence-electron chi connectivity index (χ0n) is 8.80. The van der Waals surface area contributed by atoms with Crippen LogP contribution in [0.4, 0.5) is 5.69 Å². The van der Waals surface area contributed by atoms with Gasteiger partial charge in [0.1, 0.15) is 17.6 Å². The van der Waals surface area contributed by atoms with Crippen LogP contribution >= 0.6 is 0 Å². The first kappa shape index (κ1) is 10.6. The second-order valence-corrected chi connectivity index (χ2v) is 3.89. The summed E-state index contributed by atoms with van der Waals surface area (Å²) in [5.41, 5.74) is 0.844. The van der Waals surface area contributed by atoms with Crippen LogP contribution in [-0.2, 0) is 4.79 Å². The van der Waals surface area contributed by atoms with E-state index >= 15 is 0 Å². The Hall–Kier alpha value is -1.91. The van der Waals surface area contributed by atoms with Gasteiger partial charge in [-0.1, -0.05) is 0 Å². The van der Waals surface area contributed by atoms with Crippen molar-refractivity contribution in [2.45, 2.75) is 25.9 Å². The molecule has 0 spiro atoms. The summed E-state index contributed by atoms with van der Waals surface area (Å²) in [4.78, 5) is 20.9. The molecule has 1 saturated carbocycles. The van der Waals surface area contributed by atoms with E-state index in [1.54, 1.807) is 6.07 Å². The minimum Gasteiger partial charge on any atom is -0.489 e. The molecule has 0 saturated heterocycles. The van der Waals surface area contributed by atoms with Gasteiger partial charge < -0.3 is 4.74 Å². The Balaban J connectivity index is 2.15. The lowest BCUT2D eigenvalue weighted by atomic mass is 9.94. The highest BCUT2D eigenvalue weighted by molar-refractivity contribution is 5.85. The van der Waals surface area contributed by atoms with E-state index in [0.29, 0.717) is 18.6 Å². The number of nitro benzene ring substituents is 1. The van der Waals surface area contributed by atoms with Gasteiger partial charge in [-0.15, -0.1) is 0 Å². The highest BCUT2D eigenvalue weighted by Crippen LogP contribution is 2.28. The van der Waals surface area contributed by atoms with E-state index in [1.807, 2.05) is 6.92 Å². The van der Waals surface area contributed by atoms with Crippen LogP contribution in [0.15, 0.2) is 18.2 Å². The van der Waals surface area contributed by atoms with E-state index in [9.17, 15) is 14.9 Å². The molecule has 1 aliphatic rings. The molecule has 16 heavy (non-hydrogen) atoms. The Morgan fingerprint density at radius 3 is 2.69 bits per heavy atom. The van der Waals surface area contributed by atoms with Crippen molar-refractivity contribution in [3.8, 4) is 5.75 Å². The fourth-order valence-electron chi connectivity index (χ4n) is 1.54. The fourth-order valence-corrected chi connectivity index (χ4v) is 1.54. The Labute approximate surface area is 92.2 Å². The molecular weight excluding hydrogens is 210 g/mol. The number of ketones is 1. The molecule has 0 bridgehead atoms. The number of nitro groups is 1. The quantitative estimate of drug-likeness (QED) is 0.578. The summed E-state index contributed by atoms with van der Waals surface area (Å²) in [7, 11) is 0. The van der Waals surface area contributed by atoms with Crippen LogP contribution in [0.3, 0.4) is 0 Å². The lowest BCUT2D eigenvalue weighted by molar-refractivity contribution is -0.385. The summed E-state index contributed by atoms with van der Waals surface area (Å²) < 4.78 is 5.52. The van der Waals surface area contributed by atoms with Gasteiger partial charge in [0, 0.05) is 18.9 Å². The molecule has 0 aliphatic heterocycles. The average molecular weight is 221 g/mol. The predicted molar refractivity (Wildman–Crippen MR) is 56.5 cm³/mol. The molecule has 0 atom stereocenters. The number of ether oxygens (including phenoxy) is 1. The molecular formula is C11H11NO4. The Bertz CT molecular complexity index is 447. The van der Waals surface area contributed by atoms with Crippen LogP contribution < -0.4 is 4.74 Å². The topological polar surface area (TPSA) is 69.4 Å². The van der Waals surface area contributed by atoms with Gasteiger partial charge in [-0.3, -0.25) is 14.9 Å². The summed E-state index contributed by atoms with van der Waals surface area (Å²) in [6.07, 6.45) is 0.692. The van der Waals surface area contributed by atoms with Crippen molar-refractivity contribution in [3.63, 3.8) is 0 Å². The van der Waals surface area contributed by atoms with Crippen molar-refractivity contribution in [1.82, 2.24) is 0 Å². The van der Waals surface area contributed by atoms with Crippen molar-refractivity contribution >= 4 is 11.5 Å². The average Bonchev–Trinajstić information content (AvgIpc) is 2.18. The summed E-state index contributed by atoms with van der Waals surface area (Å²) in [5, 5.41) is 10.6. The van der Waals surface area contributed by atoms with Gasteiger partial charge in [-0.05, 0) is 18.6 Å². The normalized spacial score (nSPS) is 15.7. The minimum atomic E-state index is -0.460. The molecule has 0 N–H and O–H groups in total. The standard InChI is InChI=1S/C11H11NO4/c1-7-2-3-8(12(14)15)4-11(7)16-10-5-9(13)6-10/h2-4,10H,5-6H2,1H3. The number of Topliss-reactive ketones (excluding diaryl/α,β-unsaturated/α-hetero) is 1. The molecule has 1 aromatic rings. The molecule has 5 heteroatoms. The van der Waals surface area contributed by atoms with Crippen LogP contribution in [0.25, 0.3) is 0 Å². The molecule has 1 aliphatic carbocycles. The third-order valence-corrected chi connectivity index (χ3v) is 2.59. The van der Waals surface area contributed by atoms with Gasteiger partial charge in [-0.25, -0.2) is 0 Å². The number of nitrogens with zero attached hydrogens (tertiary/aromatic N) is 1. The highest BCUT2D eigenvalue weighted by atomic mass is 16.6. The van der Waals surface area contributed by atoms with Crippen molar-refractivity contribution in [2.75, 3.05) is 0 Å². The maximum Gasteiger partial charge on any atom is 0.273 e. The first-order chi connectivity index (χ1) is 7.56. The van der Waals surface area contributed by atoms with Crippen LogP contribution in [-0.4, -0.2) is 16.8 Å². The third kappa shape index (κ3) is 2.03. The number of non-ortho nitro benzene ring substituents is 1. The zero-order chi connectivity index (χ0) is 11.7. The van der Waals surface area contributed by atoms with Crippen molar-refractivity contribution in [1.29, 1.82) is 0 Å². The van der Waals surface area contributed by atoms with Gasteiger partial charge >= 0.3 is 0 Å². The number of benzene rings is 1. The van der Waals surface area contributed by atoms with E-state index in [2.05, 4.69) is 0 Å². The Morgan fingerprint density at radius 1 is 1.44 bits per heavy atom. The van der Waals surface area contributed by atoms with Gasteiger partial charge in [0.25, 0.3) is 5.69 Å². The molecule has 5 nitrogen and oxygen atoms in total. The molecule has 84 valence electrons. The molecule has 2 rings (SSSR count). The summed E-state index contributed by atoms with van der Waals surface area (Å²) >= 11 is 0. The van der Waals surface area contributed by atoms with Crippen molar-refractivity contribution in [3.05, 3.63) is 33.9 Å². The summed E-state index contributed by atoms with van der Waals surface area (Å²) in [5.74, 6) is 0.666. The highest BCUT2D eigenvalue weighted by Gasteiger charge is 2.29. The fraction of sp³-hybridized carbons (Fsp3) is 0.364. The molecule has 0 radical (unpaired) electrons. The minimum absolute atomic E-state index is 0.00579. The summed E-state index contributed by atoms with van der Waals surface area (Å²) in [6.45, 7) is 1.82. The molecule has 1 aromatic carbocycles. The van der Waals surface area contributed by atoms with Crippen LogP contribution in [0, 0.1) is 17.0 Å². The third-order valence-electron chi connectivity index (χ3n) is 2.59. The summed E-state index contributed by atoms with van der Waals surface area (Å²) in [6, 6.07) is 4.49. The van der Waals surface area contributed by atoms with Gasteiger partial charge in [0.15, 0.2) is 0 Å². The molecule has 0 aromatic heterocycles. The monoisotopic (exact) mass is 221 g/mol. The number of carbonyl (C=O) groups excluding carboxylic acids is 1. The Kier molecular flexibility index (Phi) is 2.60. The maximum absolute atomic E-state index is 10.8. The predicted octanol–water partition coefficient (Wildman–Crippen LogP) is 2.01. The molecule has 0 heterocycles. The van der Waals surface area contributed by atoms with E-state index in [4.69, 9.17) is 4.74 Å². The van der Waals surface area contributed by atoms with Gasteiger partial charge in [-0.2, -0.15) is 0 Å². The molecule has 0 unspecified atom stereocenters. The molecule has 0 amide bonds. The number of rotatable bonds is 3. The molecule has 1 fully saturated rings. The lowest BCUT2D eigenvalue weighted by Gasteiger charge is -2.25. The second-order valence-electron chi connectivity index (χ2n) is 3.89. The van der Waals surface area contributed by atoms with E-state index in [-0.39, 0.29) is 17.6 Å². The van der Waals surface area contributed by atoms with Crippen molar-refractivity contribution < 1.29 is 14.5 Å². The van der Waals surface area contributed by atoms with Gasteiger partial charge in [0.05, 0.1) is 11.0 Å². The number of hydrogen-bond acceptors (Lipinski definition) is 4. The smallest absolute Gasteiger partial charge is 0.273 e. The van der Waals surface area contributed by atoms with E-state index in [1.165, 1.54) is 12.1 Å². The second kappa shape index (κ2) is 3.92. The first-order valence-corrected chi connectivity index (χ1v) is 4.99. The van der Waals surface area contributed by atoms with E-state index in [0.717, 1.165) is 5.56 Å². The number of carbonyl (C=O) groups is 1. The van der Waals surface area contributed by atoms with Crippen LogP contribution in [0.1, 0.15) is 18.4 Å². The number of hydrogen-bond donors (Lipinski definition) is 0. The maximum atomic E-state index is 10.8. The number of aryl methyl sites for hydroxylation is 1. The zero-order valence-corrected chi connectivity index (χ0v) is 8.80. The lowest BCUT2D eigenvalue weighted by Crippen LogP contribution is -2.33. The largest absolute Gasteiger partial charge is 0.489 e. The first-order valence-electron chi connectivity index (χ1n) is 4.99. The van der Waals surface area contributed by atoms with Crippen LogP contribution in [0.2, 0.25) is 0 Å². The van der Waals surface area contributed by atoms with Crippen molar-refractivity contribution in [2.24, 2.45) is 0 Å². The van der Waals surface area contributed by atoms with Gasteiger partial charge in [0.2, 0.25) is 0 Å². The van der Waals surface area contributed by atoms with E-state index < -0.39 is 4.92 Å². The SMILES string of the molecule is Cc1ccc([N+](=O)[O-])cc1OC1CC(=O)C1. The Morgan fingerprint density at radius 2 is 2.12 bits per heavy atom. The van der Waals surface area contributed by atoms with Crippen LogP contribution in [0.5, 0.6) is 5.75 Å².